The molecule has 0 spiro atoms. The molecule has 0 bridgehead atoms. The first-order valence-electron chi connectivity index (χ1n) is 13.6. The first-order valence-corrected chi connectivity index (χ1v) is 15.4. The summed E-state index contributed by atoms with van der Waals surface area (Å²) in [7, 11) is 0. The van der Waals surface area contributed by atoms with E-state index in [0.717, 1.165) is 0 Å². The van der Waals surface area contributed by atoms with E-state index in [1.165, 1.54) is 78.8 Å². The van der Waals surface area contributed by atoms with Crippen molar-refractivity contribution in [3.05, 3.63) is 107 Å². The van der Waals surface area contributed by atoms with Crippen LogP contribution < -0.4 is 24.8 Å². The van der Waals surface area contributed by atoms with E-state index >= 15 is 0 Å². The Bertz CT molecular complexity index is 1430. The van der Waals surface area contributed by atoms with Gasteiger partial charge in [-0.2, -0.15) is 23.8 Å². The van der Waals surface area contributed by atoms with Gasteiger partial charge in [-0.25, -0.2) is 0 Å². The van der Waals surface area contributed by atoms with E-state index in [1.807, 2.05) is 0 Å². The molecule has 40 heavy (non-hydrogen) atoms. The Morgan fingerprint density at radius 2 is 1.07 bits per heavy atom. The Labute approximate surface area is 270 Å². The van der Waals surface area contributed by atoms with Crippen LogP contribution in [-0.2, 0) is 34.7 Å². The predicted octanol–water partition coefficient (Wildman–Crippen LogP) is 4.75. The van der Waals surface area contributed by atoms with Crippen molar-refractivity contribution in [1.29, 1.82) is 0 Å². The van der Waals surface area contributed by atoms with Gasteiger partial charge in [0.2, 0.25) is 0 Å². The maximum Gasteiger partial charge on any atom is -0.0405 e. The fourth-order valence-corrected chi connectivity index (χ4v) is 4.66. The third-order valence-electron chi connectivity index (χ3n) is 6.65. The number of halogens is 2. The maximum absolute atomic E-state index is 2.35. The molecular formula is C37H44Cl2Hf-2. The summed E-state index contributed by atoms with van der Waals surface area (Å²) in [6.45, 7) is 22.2. The third kappa shape index (κ3) is 9.93. The van der Waals surface area contributed by atoms with Crippen molar-refractivity contribution in [2.45, 2.75) is 80.1 Å². The van der Waals surface area contributed by atoms with Crippen molar-refractivity contribution in [3.63, 3.8) is 0 Å². The molecule has 0 aromatic heterocycles. The fourth-order valence-electron chi connectivity index (χ4n) is 4.66. The summed E-state index contributed by atoms with van der Waals surface area (Å²) in [5.41, 5.74) is 8.51. The molecule has 0 saturated carbocycles. The second kappa shape index (κ2) is 14.9. The van der Waals surface area contributed by atoms with Gasteiger partial charge in [0.15, 0.2) is 0 Å². The Hall–Kier alpha value is -1.80. The minimum absolute atomic E-state index is 0. The van der Waals surface area contributed by atoms with Crippen molar-refractivity contribution in [2.24, 2.45) is 0 Å². The fraction of sp³-hybridized carbons (Fsp3) is 0.324. The average molecular weight is 738 g/mol. The Kier molecular flexibility index (Phi) is 13.5. The van der Waals surface area contributed by atoms with Crippen LogP contribution in [0.2, 0.25) is 0 Å². The number of fused-ring (bicyclic) bond motifs is 3. The number of benzene rings is 3. The maximum atomic E-state index is 2.35. The van der Waals surface area contributed by atoms with Gasteiger partial charge in [-0.05, 0) is 24.7 Å². The molecule has 0 aliphatic rings. The first kappa shape index (κ1) is 36.2. The first-order chi connectivity index (χ1) is 17.6. The molecule has 0 aliphatic heterocycles. The normalized spacial score (nSPS) is 11.0. The molecule has 0 amide bonds. The van der Waals surface area contributed by atoms with Gasteiger partial charge in [-0.3, -0.25) is 0 Å². The van der Waals surface area contributed by atoms with Crippen LogP contribution in [0.1, 0.15) is 77.6 Å². The summed E-state index contributed by atoms with van der Waals surface area (Å²) in [5, 5.41) is 5.48. The van der Waals surface area contributed by atoms with Gasteiger partial charge in [0.05, 0.1) is 0 Å². The molecule has 0 aliphatic carbocycles. The quantitative estimate of drug-likeness (QED) is 0.172. The van der Waals surface area contributed by atoms with Crippen LogP contribution >= 0.6 is 0 Å². The Morgan fingerprint density at radius 3 is 1.43 bits per heavy atom. The molecule has 212 valence electrons. The smallest absolute Gasteiger partial charge is 0.0405 e. The van der Waals surface area contributed by atoms with E-state index < -0.39 is 0 Å². The molecule has 0 atom stereocenters. The van der Waals surface area contributed by atoms with E-state index in [-0.39, 0.29) is 35.6 Å². The minimum atomic E-state index is 0. The monoisotopic (exact) mass is 738 g/mol. The molecule has 0 saturated heterocycles. The molecule has 0 fully saturated rings. The minimum Gasteiger partial charge on any atom is -1.00 e. The molecule has 0 N–H and O–H groups in total. The zero-order valence-electron chi connectivity index (χ0n) is 25.8. The number of rotatable bonds is 1. The Morgan fingerprint density at radius 1 is 0.650 bits per heavy atom. The van der Waals surface area contributed by atoms with Gasteiger partial charge in [0.25, 0.3) is 0 Å². The van der Waals surface area contributed by atoms with E-state index in [4.69, 9.17) is 0 Å². The molecule has 5 rings (SSSR count). The molecular weight excluding hydrogens is 694 g/mol. The van der Waals surface area contributed by atoms with Gasteiger partial charge in [0, 0.05) is 0 Å². The summed E-state index contributed by atoms with van der Waals surface area (Å²) < 4.78 is 1.56. The van der Waals surface area contributed by atoms with Gasteiger partial charge in [-0.15, -0.1) is 45.8 Å². The van der Waals surface area contributed by atoms with E-state index in [9.17, 15) is 0 Å². The van der Waals surface area contributed by atoms with Crippen LogP contribution in [0.25, 0.3) is 32.7 Å². The van der Waals surface area contributed by atoms with Gasteiger partial charge >= 0.3 is 41.0 Å². The average Bonchev–Trinajstić information content (AvgIpc) is 3.44. The largest absolute Gasteiger partial charge is 1.00 e. The van der Waals surface area contributed by atoms with Crippen LogP contribution in [0.5, 0.6) is 0 Å². The molecule has 5 aromatic rings. The molecule has 5 aromatic carbocycles. The number of hydrogen-bond acceptors (Lipinski definition) is 0. The van der Waals surface area contributed by atoms with Crippen LogP contribution in [0.15, 0.2) is 84.9 Å². The predicted molar refractivity (Wildman–Crippen MR) is 168 cm³/mol. The number of hydrogen-bond donors (Lipinski definition) is 0. The van der Waals surface area contributed by atoms with E-state index in [2.05, 4.69) is 154 Å². The summed E-state index contributed by atoms with van der Waals surface area (Å²) in [5.74, 6) is 0. The summed E-state index contributed by atoms with van der Waals surface area (Å²) >= 11 is 1.27. The third-order valence-corrected chi connectivity index (χ3v) is 6.65. The second-order valence-electron chi connectivity index (χ2n) is 12.8. The topological polar surface area (TPSA) is 0 Å². The van der Waals surface area contributed by atoms with Crippen molar-refractivity contribution in [1.82, 2.24) is 0 Å². The van der Waals surface area contributed by atoms with Crippen molar-refractivity contribution in [3.8, 4) is 11.1 Å². The molecule has 0 radical (unpaired) electrons. The zero-order valence-corrected chi connectivity index (χ0v) is 30.9. The van der Waals surface area contributed by atoms with E-state index in [0.29, 0.717) is 0 Å². The summed E-state index contributed by atoms with van der Waals surface area (Å²) in [4.78, 5) is 0. The SMILES string of the molecule is CC(C)(C)c1ccc2c(c1)[cH-]c1cc(C(C)(C)C)ccc12.C[C](C)=[Hf+2].Cc1cc(C)cc(-c2ccc[cH-]2)c1.[Cl-].[Cl-]. The van der Waals surface area contributed by atoms with Gasteiger partial charge < -0.3 is 24.8 Å². The van der Waals surface area contributed by atoms with Crippen molar-refractivity contribution < 1.29 is 48.7 Å². The summed E-state index contributed by atoms with van der Waals surface area (Å²) in [6.07, 6.45) is 0. The summed E-state index contributed by atoms with van der Waals surface area (Å²) in [6, 6.07) is 31.3. The standard InChI is InChI=1S/C21H25.C13H13.C3H6.2ClH.Hf/c1-20(2,3)16-7-9-18-14(12-16)11-15-13-17(21(4,5)6)8-10-19(15)18;1-10-7-11(2)9-13(8-10)12-5-3-4-6-12;1-3-2;;;/h7-13H,1-6H3;3-9H,1-2H3;1-2H3;2*1H;/q2*-1;;;;+2/p-2. The second-order valence-corrected chi connectivity index (χ2v) is 16.4. The van der Waals surface area contributed by atoms with Gasteiger partial charge in [0.1, 0.15) is 0 Å². The van der Waals surface area contributed by atoms with Crippen molar-refractivity contribution in [2.75, 3.05) is 0 Å². The van der Waals surface area contributed by atoms with Gasteiger partial charge in [-0.1, -0.05) is 112 Å². The zero-order chi connectivity index (χ0) is 28.3. The van der Waals surface area contributed by atoms with Crippen LogP contribution in [0.3, 0.4) is 0 Å². The van der Waals surface area contributed by atoms with Crippen LogP contribution in [-0.4, -0.2) is 3.26 Å². The molecule has 0 nitrogen and oxygen atoms in total. The van der Waals surface area contributed by atoms with Crippen LogP contribution in [0, 0.1) is 13.8 Å². The molecule has 0 unspecified atom stereocenters. The van der Waals surface area contributed by atoms with Crippen LogP contribution in [0.4, 0.5) is 0 Å². The molecule has 0 heterocycles. The van der Waals surface area contributed by atoms with E-state index in [1.54, 1.807) is 3.26 Å². The Balaban J connectivity index is 0.000000362. The molecule has 3 heteroatoms. The van der Waals surface area contributed by atoms with Crippen molar-refractivity contribution >= 4 is 24.8 Å². The number of aryl methyl sites for hydroxylation is 2.